The van der Waals surface area contributed by atoms with Crippen molar-refractivity contribution in [2.45, 2.75) is 13.3 Å². The van der Waals surface area contributed by atoms with Gasteiger partial charge in [0.05, 0.1) is 12.5 Å². The van der Waals surface area contributed by atoms with E-state index in [1.54, 1.807) is 0 Å². The van der Waals surface area contributed by atoms with Crippen LogP contribution in [0.15, 0.2) is 0 Å². The van der Waals surface area contributed by atoms with Gasteiger partial charge in [-0.05, 0) is 6.42 Å². The predicted molar refractivity (Wildman–Crippen MR) is 44.9 cm³/mol. The molecule has 1 fully saturated rings. The van der Waals surface area contributed by atoms with Gasteiger partial charge in [-0.2, -0.15) is 0 Å². The zero-order chi connectivity index (χ0) is 7.61. The average Bonchev–Trinajstić information content (AvgIpc) is 1.86. The van der Waals surface area contributed by atoms with Crippen LogP contribution in [0, 0.1) is 5.41 Å². The minimum absolute atomic E-state index is 0. The van der Waals surface area contributed by atoms with Crippen molar-refractivity contribution in [3.8, 4) is 0 Å². The number of carbonyl (C=O) groups is 1. The quantitative estimate of drug-likeness (QED) is 0.631. The van der Waals surface area contributed by atoms with E-state index in [2.05, 4.69) is 10.1 Å². The Labute approximate surface area is 72.9 Å². The highest BCUT2D eigenvalue weighted by Gasteiger charge is 2.43. The Morgan fingerprint density at radius 2 is 2.18 bits per heavy atom. The number of halogens is 1. The van der Waals surface area contributed by atoms with Gasteiger partial charge in [0.1, 0.15) is 0 Å². The van der Waals surface area contributed by atoms with E-state index < -0.39 is 0 Å². The predicted octanol–water partition coefficient (Wildman–Crippen LogP) is 0.581. The molecule has 0 amide bonds. The fourth-order valence-corrected chi connectivity index (χ4v) is 1.18. The first-order chi connectivity index (χ1) is 4.75. The Balaban J connectivity index is 0.000001000. The molecule has 0 radical (unpaired) electrons. The molecular formula is C7H14ClNO2. The molecule has 66 valence electrons. The molecule has 4 heteroatoms. The summed E-state index contributed by atoms with van der Waals surface area (Å²) in [6, 6.07) is 0. The van der Waals surface area contributed by atoms with Crippen molar-refractivity contribution in [1.29, 1.82) is 0 Å². The van der Waals surface area contributed by atoms with Crippen molar-refractivity contribution in [1.82, 2.24) is 5.32 Å². The first-order valence-electron chi connectivity index (χ1n) is 3.54. The Morgan fingerprint density at radius 3 is 2.27 bits per heavy atom. The van der Waals surface area contributed by atoms with Gasteiger partial charge in [-0.25, -0.2) is 0 Å². The maximum absolute atomic E-state index is 11.1. The summed E-state index contributed by atoms with van der Waals surface area (Å²) in [7, 11) is 1.44. The highest BCUT2D eigenvalue weighted by molar-refractivity contribution is 5.85. The summed E-state index contributed by atoms with van der Waals surface area (Å²) in [4.78, 5) is 11.1. The second kappa shape index (κ2) is 3.93. The fourth-order valence-electron chi connectivity index (χ4n) is 1.18. The van der Waals surface area contributed by atoms with Crippen molar-refractivity contribution in [3.05, 3.63) is 0 Å². The minimum Gasteiger partial charge on any atom is -0.469 e. The van der Waals surface area contributed by atoms with Gasteiger partial charge in [0.25, 0.3) is 0 Å². The van der Waals surface area contributed by atoms with Gasteiger partial charge in [-0.3, -0.25) is 4.79 Å². The normalized spacial score (nSPS) is 19.5. The van der Waals surface area contributed by atoms with Crippen LogP contribution in [0.4, 0.5) is 0 Å². The Morgan fingerprint density at radius 1 is 1.64 bits per heavy atom. The van der Waals surface area contributed by atoms with Crippen LogP contribution in [-0.2, 0) is 9.53 Å². The highest BCUT2D eigenvalue weighted by atomic mass is 35.5. The minimum atomic E-state index is -0.200. The maximum Gasteiger partial charge on any atom is 0.314 e. The topological polar surface area (TPSA) is 38.3 Å². The van der Waals surface area contributed by atoms with Crippen LogP contribution >= 0.6 is 12.4 Å². The SMILES string of the molecule is CCC1(C(=O)OC)CNC1.Cl. The van der Waals surface area contributed by atoms with E-state index in [0.29, 0.717) is 0 Å². The lowest BCUT2D eigenvalue weighted by atomic mass is 9.79. The van der Waals surface area contributed by atoms with E-state index >= 15 is 0 Å². The van der Waals surface area contributed by atoms with E-state index in [-0.39, 0.29) is 23.8 Å². The molecule has 1 heterocycles. The molecule has 0 spiro atoms. The van der Waals surface area contributed by atoms with Crippen molar-refractivity contribution in [2.75, 3.05) is 20.2 Å². The van der Waals surface area contributed by atoms with E-state index in [0.717, 1.165) is 19.5 Å². The molecule has 1 aliphatic rings. The summed E-state index contributed by atoms with van der Waals surface area (Å²) < 4.78 is 4.67. The molecule has 1 rings (SSSR count). The Bertz CT molecular complexity index is 140. The summed E-state index contributed by atoms with van der Waals surface area (Å²) in [5.74, 6) is -0.0752. The number of rotatable bonds is 2. The van der Waals surface area contributed by atoms with Gasteiger partial charge in [0.2, 0.25) is 0 Å². The van der Waals surface area contributed by atoms with E-state index in [1.807, 2.05) is 6.92 Å². The number of esters is 1. The molecule has 0 aromatic heterocycles. The lowest BCUT2D eigenvalue weighted by Crippen LogP contribution is -2.58. The van der Waals surface area contributed by atoms with Crippen molar-refractivity contribution >= 4 is 18.4 Å². The van der Waals surface area contributed by atoms with Crippen LogP contribution < -0.4 is 5.32 Å². The average molecular weight is 180 g/mol. The van der Waals surface area contributed by atoms with Gasteiger partial charge in [0.15, 0.2) is 0 Å². The van der Waals surface area contributed by atoms with Crippen LogP contribution in [0.1, 0.15) is 13.3 Å². The van der Waals surface area contributed by atoms with E-state index in [4.69, 9.17) is 0 Å². The molecule has 1 saturated heterocycles. The molecule has 0 atom stereocenters. The van der Waals surface area contributed by atoms with E-state index in [9.17, 15) is 4.79 Å². The summed E-state index contributed by atoms with van der Waals surface area (Å²) in [6.07, 6.45) is 0.868. The molecule has 3 nitrogen and oxygen atoms in total. The van der Waals surface area contributed by atoms with Gasteiger partial charge in [0, 0.05) is 13.1 Å². The molecule has 11 heavy (non-hydrogen) atoms. The molecule has 1 N–H and O–H groups in total. The molecule has 0 saturated carbocycles. The molecular weight excluding hydrogens is 166 g/mol. The van der Waals surface area contributed by atoms with Crippen molar-refractivity contribution in [3.63, 3.8) is 0 Å². The molecule has 0 unspecified atom stereocenters. The monoisotopic (exact) mass is 179 g/mol. The van der Waals surface area contributed by atoms with Crippen molar-refractivity contribution in [2.24, 2.45) is 5.41 Å². The molecule has 0 aliphatic carbocycles. The van der Waals surface area contributed by atoms with Crippen LogP contribution in [0.25, 0.3) is 0 Å². The van der Waals surface area contributed by atoms with Crippen LogP contribution in [0.2, 0.25) is 0 Å². The van der Waals surface area contributed by atoms with Crippen LogP contribution in [0.5, 0.6) is 0 Å². The number of carbonyl (C=O) groups excluding carboxylic acids is 1. The third kappa shape index (κ3) is 1.65. The zero-order valence-electron chi connectivity index (χ0n) is 6.85. The summed E-state index contributed by atoms with van der Waals surface area (Å²) >= 11 is 0. The largest absolute Gasteiger partial charge is 0.469 e. The third-order valence-electron chi connectivity index (χ3n) is 2.22. The number of ether oxygens (including phenoxy) is 1. The maximum atomic E-state index is 11.1. The first kappa shape index (κ1) is 10.7. The molecule has 1 aliphatic heterocycles. The molecule has 0 bridgehead atoms. The van der Waals surface area contributed by atoms with Gasteiger partial charge in [-0.1, -0.05) is 6.92 Å². The fraction of sp³-hybridized carbons (Fsp3) is 0.857. The third-order valence-corrected chi connectivity index (χ3v) is 2.22. The number of nitrogens with one attached hydrogen (secondary N) is 1. The second-order valence-corrected chi connectivity index (χ2v) is 2.73. The summed E-state index contributed by atoms with van der Waals surface area (Å²) in [6.45, 7) is 3.56. The molecule has 0 aromatic carbocycles. The smallest absolute Gasteiger partial charge is 0.314 e. The second-order valence-electron chi connectivity index (χ2n) is 2.73. The highest BCUT2D eigenvalue weighted by Crippen LogP contribution is 2.27. The van der Waals surface area contributed by atoms with Crippen LogP contribution in [-0.4, -0.2) is 26.2 Å². The number of hydrogen-bond donors (Lipinski definition) is 1. The summed E-state index contributed by atoms with van der Waals surface area (Å²) in [5.41, 5.74) is -0.200. The first-order valence-corrected chi connectivity index (χ1v) is 3.54. The lowest BCUT2D eigenvalue weighted by Gasteiger charge is -2.38. The van der Waals surface area contributed by atoms with E-state index in [1.165, 1.54) is 7.11 Å². The standard InChI is InChI=1S/C7H13NO2.ClH/c1-3-7(4-8-5-7)6(9)10-2;/h8H,3-5H2,1-2H3;1H. The summed E-state index contributed by atoms with van der Waals surface area (Å²) in [5, 5.41) is 3.07. The Hall–Kier alpha value is -0.280. The zero-order valence-corrected chi connectivity index (χ0v) is 7.66. The van der Waals surface area contributed by atoms with Gasteiger partial charge >= 0.3 is 5.97 Å². The molecule has 0 aromatic rings. The van der Waals surface area contributed by atoms with Crippen molar-refractivity contribution < 1.29 is 9.53 Å². The van der Waals surface area contributed by atoms with Crippen LogP contribution in [0.3, 0.4) is 0 Å². The lowest BCUT2D eigenvalue weighted by molar-refractivity contribution is -0.156. The number of methoxy groups -OCH3 is 1. The number of hydrogen-bond acceptors (Lipinski definition) is 3. The Kier molecular flexibility index (Phi) is 3.83. The van der Waals surface area contributed by atoms with Gasteiger partial charge < -0.3 is 10.1 Å². The van der Waals surface area contributed by atoms with Gasteiger partial charge in [-0.15, -0.1) is 12.4 Å².